The topological polar surface area (TPSA) is 85.1 Å². The number of imidazole rings is 1. The zero-order valence-electron chi connectivity index (χ0n) is 5.91. The predicted molar refractivity (Wildman–Crippen MR) is 41.8 cm³/mol. The maximum absolute atomic E-state index is 5.59. The molecular formula is C6H9N5. The molecule has 5 heteroatoms. The van der Waals surface area contributed by atoms with Crippen LogP contribution in [0.25, 0.3) is 5.65 Å². The van der Waals surface area contributed by atoms with Gasteiger partial charge in [-0.25, -0.2) is 9.50 Å². The van der Waals surface area contributed by atoms with E-state index >= 15 is 0 Å². The summed E-state index contributed by atoms with van der Waals surface area (Å²) in [4.78, 5) is 4.17. The number of H-pyrrole nitrogens is 1. The molecule has 5 N–H and O–H groups in total. The number of aromatic amines is 1. The number of hydrogen-bond acceptors (Lipinski definition) is 3. The van der Waals surface area contributed by atoms with Gasteiger partial charge >= 0.3 is 0 Å². The van der Waals surface area contributed by atoms with Crippen LogP contribution in [0.3, 0.4) is 0 Å². The van der Waals surface area contributed by atoms with Crippen LogP contribution in [0.5, 0.6) is 0 Å². The maximum Gasteiger partial charge on any atom is 0.176 e. The molecule has 0 radical (unpaired) electrons. The SMILES string of the molecule is NCc1cn2[nH]cc(N)c2n1. The molecule has 0 aliphatic heterocycles. The average molecular weight is 151 g/mol. The molecule has 0 spiro atoms. The van der Waals surface area contributed by atoms with Gasteiger partial charge in [0.15, 0.2) is 5.65 Å². The first-order chi connectivity index (χ1) is 5.31. The number of rotatable bonds is 1. The summed E-state index contributed by atoms with van der Waals surface area (Å²) in [6.07, 6.45) is 3.52. The number of hydrogen-bond donors (Lipinski definition) is 3. The van der Waals surface area contributed by atoms with E-state index in [1.807, 2.05) is 6.20 Å². The molecule has 0 aliphatic carbocycles. The van der Waals surface area contributed by atoms with E-state index in [-0.39, 0.29) is 0 Å². The molecule has 0 amide bonds. The Morgan fingerprint density at radius 2 is 2.45 bits per heavy atom. The molecule has 2 aromatic rings. The molecule has 0 bridgehead atoms. The van der Waals surface area contributed by atoms with Crippen molar-refractivity contribution in [3.63, 3.8) is 0 Å². The predicted octanol–water partition coefficient (Wildman–Crippen LogP) is -0.297. The van der Waals surface area contributed by atoms with Gasteiger partial charge in [0.25, 0.3) is 0 Å². The third-order valence-electron chi connectivity index (χ3n) is 1.58. The van der Waals surface area contributed by atoms with E-state index < -0.39 is 0 Å². The zero-order valence-corrected chi connectivity index (χ0v) is 5.91. The molecule has 0 aliphatic rings. The highest BCUT2D eigenvalue weighted by atomic mass is 15.3. The van der Waals surface area contributed by atoms with Crippen LogP contribution in [0.2, 0.25) is 0 Å². The lowest BCUT2D eigenvalue weighted by Crippen LogP contribution is -1.95. The van der Waals surface area contributed by atoms with Crippen molar-refractivity contribution in [3.05, 3.63) is 18.1 Å². The fourth-order valence-corrected chi connectivity index (χ4v) is 1.03. The van der Waals surface area contributed by atoms with Gasteiger partial charge in [-0.05, 0) is 0 Å². The molecule has 0 atom stereocenters. The van der Waals surface area contributed by atoms with Crippen LogP contribution in [-0.2, 0) is 6.54 Å². The highest BCUT2D eigenvalue weighted by molar-refractivity contribution is 5.63. The summed E-state index contributed by atoms with van der Waals surface area (Å²) in [6, 6.07) is 0. The van der Waals surface area contributed by atoms with E-state index in [0.717, 1.165) is 11.3 Å². The number of nitrogens with two attached hydrogens (primary N) is 2. The van der Waals surface area contributed by atoms with Crippen molar-refractivity contribution < 1.29 is 0 Å². The van der Waals surface area contributed by atoms with Crippen LogP contribution in [0.4, 0.5) is 5.69 Å². The summed E-state index contributed by atoms with van der Waals surface area (Å²) in [5.41, 5.74) is 13.2. The normalized spacial score (nSPS) is 11.0. The molecule has 0 unspecified atom stereocenters. The Balaban J connectivity index is 2.70. The molecule has 58 valence electrons. The van der Waals surface area contributed by atoms with Crippen molar-refractivity contribution >= 4 is 11.3 Å². The van der Waals surface area contributed by atoms with Gasteiger partial charge in [-0.15, -0.1) is 0 Å². The van der Waals surface area contributed by atoms with E-state index in [1.54, 1.807) is 10.7 Å². The highest BCUT2D eigenvalue weighted by Crippen LogP contribution is 2.10. The van der Waals surface area contributed by atoms with Crippen LogP contribution in [0.1, 0.15) is 5.69 Å². The number of aromatic nitrogens is 3. The van der Waals surface area contributed by atoms with Gasteiger partial charge in [0.05, 0.1) is 17.6 Å². The quantitative estimate of drug-likeness (QED) is 0.523. The Bertz CT molecular complexity index is 371. The first-order valence-electron chi connectivity index (χ1n) is 3.32. The summed E-state index contributed by atoms with van der Waals surface area (Å²) < 4.78 is 1.75. The van der Waals surface area contributed by atoms with Crippen LogP contribution < -0.4 is 11.5 Å². The number of nitrogen functional groups attached to an aromatic ring is 1. The van der Waals surface area contributed by atoms with Gasteiger partial charge in [-0.1, -0.05) is 0 Å². The highest BCUT2D eigenvalue weighted by Gasteiger charge is 2.03. The minimum Gasteiger partial charge on any atom is -0.394 e. The minimum atomic E-state index is 0.439. The first-order valence-corrected chi connectivity index (χ1v) is 3.32. The second kappa shape index (κ2) is 2.00. The number of nitrogens with zero attached hydrogens (tertiary/aromatic N) is 2. The van der Waals surface area contributed by atoms with Crippen molar-refractivity contribution in [2.75, 3.05) is 5.73 Å². The zero-order chi connectivity index (χ0) is 7.84. The molecule has 0 saturated heterocycles. The smallest absolute Gasteiger partial charge is 0.176 e. The van der Waals surface area contributed by atoms with E-state index in [4.69, 9.17) is 11.5 Å². The Kier molecular flexibility index (Phi) is 1.13. The fraction of sp³-hybridized carbons (Fsp3) is 0.167. The molecule has 0 aromatic carbocycles. The lowest BCUT2D eigenvalue weighted by Gasteiger charge is -1.81. The lowest BCUT2D eigenvalue weighted by molar-refractivity contribution is 0.955. The minimum absolute atomic E-state index is 0.439. The summed E-state index contributed by atoms with van der Waals surface area (Å²) in [5.74, 6) is 0. The maximum atomic E-state index is 5.59. The van der Waals surface area contributed by atoms with E-state index in [0.29, 0.717) is 12.2 Å². The molecule has 2 rings (SSSR count). The van der Waals surface area contributed by atoms with Gasteiger partial charge < -0.3 is 11.5 Å². The van der Waals surface area contributed by atoms with Gasteiger partial charge in [0, 0.05) is 12.7 Å². The second-order valence-corrected chi connectivity index (χ2v) is 2.36. The Morgan fingerprint density at radius 3 is 3.09 bits per heavy atom. The molecule has 0 fully saturated rings. The van der Waals surface area contributed by atoms with Crippen LogP contribution in [-0.4, -0.2) is 14.6 Å². The lowest BCUT2D eigenvalue weighted by atomic mass is 10.5. The Hall–Kier alpha value is -1.49. The average Bonchev–Trinajstić information content (AvgIpc) is 2.53. The summed E-state index contributed by atoms with van der Waals surface area (Å²) >= 11 is 0. The van der Waals surface area contributed by atoms with Crippen LogP contribution in [0.15, 0.2) is 12.4 Å². The summed E-state index contributed by atoms with van der Waals surface area (Å²) in [6.45, 7) is 0.439. The van der Waals surface area contributed by atoms with Gasteiger partial charge in [-0.3, -0.25) is 5.10 Å². The molecule has 11 heavy (non-hydrogen) atoms. The molecule has 2 heterocycles. The van der Waals surface area contributed by atoms with E-state index in [2.05, 4.69) is 10.1 Å². The standard InChI is InChI=1S/C6H9N5/c7-1-4-3-11-6(10-4)5(8)2-9-11/h2-3,9H,1,7-8H2. The van der Waals surface area contributed by atoms with Crippen molar-refractivity contribution in [2.45, 2.75) is 6.54 Å². The number of anilines is 1. The largest absolute Gasteiger partial charge is 0.394 e. The summed E-state index contributed by atoms with van der Waals surface area (Å²) in [7, 11) is 0. The van der Waals surface area contributed by atoms with Crippen molar-refractivity contribution in [1.29, 1.82) is 0 Å². The van der Waals surface area contributed by atoms with Crippen LogP contribution in [0, 0.1) is 0 Å². The van der Waals surface area contributed by atoms with Gasteiger partial charge in [-0.2, -0.15) is 0 Å². The molecule has 2 aromatic heterocycles. The van der Waals surface area contributed by atoms with E-state index in [9.17, 15) is 0 Å². The number of nitrogens with one attached hydrogen (secondary N) is 1. The third kappa shape index (κ3) is 0.779. The van der Waals surface area contributed by atoms with Gasteiger partial charge in [0.2, 0.25) is 0 Å². The third-order valence-corrected chi connectivity index (χ3v) is 1.58. The van der Waals surface area contributed by atoms with Crippen LogP contribution >= 0.6 is 0 Å². The Labute approximate surface area is 63.0 Å². The first kappa shape index (κ1) is 6.23. The molecule has 5 nitrogen and oxygen atoms in total. The Morgan fingerprint density at radius 1 is 1.64 bits per heavy atom. The number of fused-ring (bicyclic) bond motifs is 1. The second-order valence-electron chi connectivity index (χ2n) is 2.36. The van der Waals surface area contributed by atoms with Gasteiger partial charge in [0.1, 0.15) is 0 Å². The van der Waals surface area contributed by atoms with Crippen molar-refractivity contribution in [1.82, 2.24) is 14.6 Å². The fourth-order valence-electron chi connectivity index (χ4n) is 1.03. The molecule has 0 saturated carbocycles. The van der Waals surface area contributed by atoms with Crippen molar-refractivity contribution in [2.24, 2.45) is 5.73 Å². The van der Waals surface area contributed by atoms with Crippen molar-refractivity contribution in [3.8, 4) is 0 Å². The molecular weight excluding hydrogens is 142 g/mol. The monoisotopic (exact) mass is 151 g/mol. The van der Waals surface area contributed by atoms with E-state index in [1.165, 1.54) is 0 Å². The summed E-state index contributed by atoms with van der Waals surface area (Å²) in [5, 5.41) is 2.92.